The van der Waals surface area contributed by atoms with Gasteiger partial charge < -0.3 is 14.8 Å². The predicted octanol–water partition coefficient (Wildman–Crippen LogP) is 2.38. The molecule has 0 aliphatic carbocycles. The number of nitrogens with one attached hydrogen (secondary N) is 1. The third kappa shape index (κ3) is 5.10. The Labute approximate surface area is 171 Å². The third-order valence-corrected chi connectivity index (χ3v) is 5.36. The van der Waals surface area contributed by atoms with E-state index in [9.17, 15) is 9.59 Å². The van der Waals surface area contributed by atoms with E-state index in [0.29, 0.717) is 42.7 Å². The fraction of sp³-hybridized carbons (Fsp3) is 0.455. The van der Waals surface area contributed by atoms with Gasteiger partial charge in [0.25, 0.3) is 5.56 Å². The highest BCUT2D eigenvalue weighted by molar-refractivity contribution is 5.93. The number of rotatable bonds is 5. The summed E-state index contributed by atoms with van der Waals surface area (Å²) in [7, 11) is 1.81. The molecule has 0 unspecified atom stereocenters. The SMILES string of the molecule is CC/C(C)=C\C(=NC)N1CCN(C(=O)CCc2nc3ccccc3c(=O)[nH]2)CC1. The Morgan fingerprint density at radius 1 is 1.21 bits per heavy atom. The van der Waals surface area contributed by atoms with Gasteiger partial charge in [0.2, 0.25) is 5.91 Å². The zero-order valence-corrected chi connectivity index (χ0v) is 17.4. The number of nitrogens with zero attached hydrogens (tertiary/aromatic N) is 4. The molecule has 1 N–H and O–H groups in total. The van der Waals surface area contributed by atoms with Gasteiger partial charge in [-0.1, -0.05) is 24.6 Å². The number of para-hydroxylation sites is 1. The van der Waals surface area contributed by atoms with E-state index in [-0.39, 0.29) is 11.5 Å². The molecule has 154 valence electrons. The Balaban J connectivity index is 1.56. The van der Waals surface area contributed by atoms with Gasteiger partial charge >= 0.3 is 0 Å². The normalized spacial score (nSPS) is 15.8. The number of allylic oxidation sites excluding steroid dienone is 1. The molecule has 0 radical (unpaired) electrons. The molecule has 29 heavy (non-hydrogen) atoms. The molecule has 7 heteroatoms. The number of aromatic amines is 1. The largest absolute Gasteiger partial charge is 0.353 e. The first-order valence-electron chi connectivity index (χ1n) is 10.2. The fourth-order valence-electron chi connectivity index (χ4n) is 3.44. The van der Waals surface area contributed by atoms with E-state index < -0.39 is 0 Å². The standard InChI is InChI=1S/C22H29N5O2/c1-4-16(2)15-20(23-3)26-11-13-27(14-12-26)21(28)10-9-19-24-18-8-6-5-7-17(18)22(29)25-19/h5-8,15H,4,9-14H2,1-3H3,(H,24,25,29)/b16-15-,23-20?. The second-order valence-corrected chi connectivity index (χ2v) is 7.32. The maximum atomic E-state index is 12.6. The average Bonchev–Trinajstić information content (AvgIpc) is 2.75. The molecule has 0 bridgehead atoms. The third-order valence-electron chi connectivity index (χ3n) is 5.36. The van der Waals surface area contributed by atoms with Crippen LogP contribution in [0.25, 0.3) is 10.9 Å². The number of hydrogen-bond acceptors (Lipinski definition) is 4. The second kappa shape index (κ2) is 9.49. The molecule has 1 fully saturated rings. The van der Waals surface area contributed by atoms with E-state index >= 15 is 0 Å². The van der Waals surface area contributed by atoms with Crippen molar-refractivity contribution in [2.75, 3.05) is 33.2 Å². The fourth-order valence-corrected chi connectivity index (χ4v) is 3.44. The Bertz CT molecular complexity index is 984. The molecule has 0 saturated carbocycles. The van der Waals surface area contributed by atoms with Crippen LogP contribution in [0.5, 0.6) is 0 Å². The number of H-pyrrole nitrogens is 1. The van der Waals surface area contributed by atoms with Gasteiger partial charge in [-0.3, -0.25) is 14.6 Å². The van der Waals surface area contributed by atoms with Crippen LogP contribution >= 0.6 is 0 Å². The molecule has 1 aromatic carbocycles. The van der Waals surface area contributed by atoms with Crippen LogP contribution in [0.3, 0.4) is 0 Å². The molecule has 0 atom stereocenters. The summed E-state index contributed by atoms with van der Waals surface area (Å²) in [5.41, 5.74) is 1.79. The highest BCUT2D eigenvalue weighted by Crippen LogP contribution is 2.10. The van der Waals surface area contributed by atoms with Crippen LogP contribution in [0, 0.1) is 0 Å². The number of amidine groups is 1. The van der Waals surface area contributed by atoms with Crippen molar-refractivity contribution in [1.29, 1.82) is 0 Å². The molecule has 1 aromatic heterocycles. The van der Waals surface area contributed by atoms with Crippen molar-refractivity contribution in [1.82, 2.24) is 19.8 Å². The maximum Gasteiger partial charge on any atom is 0.258 e. The van der Waals surface area contributed by atoms with Crippen LogP contribution < -0.4 is 5.56 Å². The van der Waals surface area contributed by atoms with Crippen LogP contribution in [0.2, 0.25) is 0 Å². The summed E-state index contributed by atoms with van der Waals surface area (Å²) in [5.74, 6) is 1.63. The lowest BCUT2D eigenvalue weighted by Crippen LogP contribution is -2.50. The smallest absolute Gasteiger partial charge is 0.258 e. The molecule has 0 spiro atoms. The summed E-state index contributed by atoms with van der Waals surface area (Å²) in [6.07, 6.45) is 3.89. The summed E-state index contributed by atoms with van der Waals surface area (Å²) >= 11 is 0. The number of hydrogen-bond donors (Lipinski definition) is 1. The Kier molecular flexibility index (Phi) is 6.80. The number of carbonyl (C=O) groups excluding carboxylic acids is 1. The van der Waals surface area contributed by atoms with E-state index in [4.69, 9.17) is 0 Å². The van der Waals surface area contributed by atoms with E-state index in [1.807, 2.05) is 30.1 Å². The van der Waals surface area contributed by atoms with Crippen molar-refractivity contribution in [2.45, 2.75) is 33.1 Å². The zero-order valence-electron chi connectivity index (χ0n) is 17.4. The van der Waals surface area contributed by atoms with E-state index in [0.717, 1.165) is 25.3 Å². The number of fused-ring (bicyclic) bond motifs is 1. The van der Waals surface area contributed by atoms with Crippen molar-refractivity contribution in [3.05, 3.63) is 52.1 Å². The van der Waals surface area contributed by atoms with E-state index in [1.54, 1.807) is 6.07 Å². The molecule has 1 aliphatic rings. The Morgan fingerprint density at radius 2 is 1.90 bits per heavy atom. The minimum atomic E-state index is -0.159. The topological polar surface area (TPSA) is 81.7 Å². The Hall–Kier alpha value is -2.96. The summed E-state index contributed by atoms with van der Waals surface area (Å²) in [6, 6.07) is 7.24. The van der Waals surface area contributed by atoms with Gasteiger partial charge in [0.05, 0.1) is 10.9 Å². The zero-order chi connectivity index (χ0) is 20.8. The van der Waals surface area contributed by atoms with Gasteiger partial charge in [-0.2, -0.15) is 0 Å². The summed E-state index contributed by atoms with van der Waals surface area (Å²) in [6.45, 7) is 7.15. The van der Waals surface area contributed by atoms with Gasteiger partial charge in [0.1, 0.15) is 11.7 Å². The molecule has 3 rings (SSSR count). The monoisotopic (exact) mass is 395 g/mol. The molecule has 1 aliphatic heterocycles. The quantitative estimate of drug-likeness (QED) is 0.623. The molecular formula is C22H29N5O2. The second-order valence-electron chi connectivity index (χ2n) is 7.32. The van der Waals surface area contributed by atoms with Crippen molar-refractivity contribution in [3.8, 4) is 0 Å². The van der Waals surface area contributed by atoms with Crippen LogP contribution in [0.15, 0.2) is 45.7 Å². The first kappa shape index (κ1) is 20.8. The lowest BCUT2D eigenvalue weighted by molar-refractivity contribution is -0.132. The van der Waals surface area contributed by atoms with Crippen LogP contribution in [-0.2, 0) is 11.2 Å². The molecular weight excluding hydrogens is 366 g/mol. The minimum absolute atomic E-state index is 0.0933. The van der Waals surface area contributed by atoms with Crippen molar-refractivity contribution in [3.63, 3.8) is 0 Å². The number of aliphatic imine (C=N–C) groups is 1. The number of piperazine rings is 1. The van der Waals surface area contributed by atoms with E-state index in [1.165, 1.54) is 5.57 Å². The Morgan fingerprint density at radius 3 is 2.59 bits per heavy atom. The summed E-state index contributed by atoms with van der Waals surface area (Å²) < 4.78 is 0. The number of amides is 1. The molecule has 2 heterocycles. The number of benzene rings is 1. The first-order valence-corrected chi connectivity index (χ1v) is 10.2. The molecule has 7 nitrogen and oxygen atoms in total. The summed E-state index contributed by atoms with van der Waals surface area (Å²) in [4.78, 5) is 40.6. The number of aryl methyl sites for hydroxylation is 1. The highest BCUT2D eigenvalue weighted by Gasteiger charge is 2.22. The van der Waals surface area contributed by atoms with Crippen molar-refractivity contribution >= 4 is 22.6 Å². The molecule has 1 amide bonds. The number of carbonyl (C=O) groups is 1. The van der Waals surface area contributed by atoms with E-state index in [2.05, 4.69) is 39.8 Å². The van der Waals surface area contributed by atoms with Gasteiger partial charge in [-0.05, 0) is 31.6 Å². The lowest BCUT2D eigenvalue weighted by Gasteiger charge is -2.36. The van der Waals surface area contributed by atoms with Gasteiger partial charge in [0.15, 0.2) is 0 Å². The first-order chi connectivity index (χ1) is 14.0. The molecule has 2 aromatic rings. The predicted molar refractivity (Wildman–Crippen MR) is 116 cm³/mol. The van der Waals surface area contributed by atoms with Crippen LogP contribution in [0.4, 0.5) is 0 Å². The maximum absolute atomic E-state index is 12.6. The lowest BCUT2D eigenvalue weighted by atomic mass is 10.2. The van der Waals surface area contributed by atoms with Gasteiger partial charge in [-0.25, -0.2) is 4.98 Å². The average molecular weight is 396 g/mol. The van der Waals surface area contributed by atoms with Crippen molar-refractivity contribution in [2.24, 2.45) is 4.99 Å². The van der Waals surface area contributed by atoms with Crippen molar-refractivity contribution < 1.29 is 4.79 Å². The minimum Gasteiger partial charge on any atom is -0.353 e. The van der Waals surface area contributed by atoms with Gasteiger partial charge in [0, 0.05) is 46.1 Å². The van der Waals surface area contributed by atoms with Crippen LogP contribution in [-0.4, -0.2) is 64.7 Å². The number of aromatic nitrogens is 2. The molecule has 1 saturated heterocycles. The summed E-state index contributed by atoms with van der Waals surface area (Å²) in [5, 5.41) is 0.569. The van der Waals surface area contributed by atoms with Gasteiger partial charge in [-0.15, -0.1) is 0 Å². The van der Waals surface area contributed by atoms with Crippen LogP contribution in [0.1, 0.15) is 32.5 Å². The highest BCUT2D eigenvalue weighted by atomic mass is 16.2.